The van der Waals surface area contributed by atoms with Crippen LogP contribution in [0.1, 0.15) is 10.4 Å². The average molecular weight is 450 g/mol. The third-order valence-electron chi connectivity index (χ3n) is 2.85. The Labute approximate surface area is 151 Å². The third-order valence-corrected chi connectivity index (χ3v) is 3.31. The van der Waals surface area contributed by atoms with E-state index in [9.17, 15) is 14.9 Å². The van der Waals surface area contributed by atoms with E-state index < -0.39 is 4.92 Å². The van der Waals surface area contributed by atoms with Crippen LogP contribution in [-0.2, 0) is 6.54 Å². The van der Waals surface area contributed by atoms with Crippen LogP contribution in [0.5, 0.6) is 5.75 Å². The number of pyridine rings is 1. The molecule has 9 heteroatoms. The molecule has 0 radical (unpaired) electrons. The zero-order valence-corrected chi connectivity index (χ0v) is 15.2. The van der Waals surface area contributed by atoms with Crippen LogP contribution in [0.15, 0.2) is 47.2 Å². The largest absolute Gasteiger partial charge is 1.00 e. The number of benzene rings is 1. The molecule has 0 bridgehead atoms. The highest BCUT2D eigenvalue weighted by Gasteiger charge is 2.20. The minimum atomic E-state index is -0.568. The Bertz CT molecular complexity index is 709. The van der Waals surface area contributed by atoms with Crippen molar-refractivity contribution in [1.29, 1.82) is 0 Å². The van der Waals surface area contributed by atoms with Crippen LogP contribution < -0.4 is 26.3 Å². The smallest absolute Gasteiger partial charge is 0.311 e. The number of nitro groups is 1. The molecule has 1 aromatic heterocycles. The Morgan fingerprint density at radius 1 is 1.39 bits per heavy atom. The summed E-state index contributed by atoms with van der Waals surface area (Å²) >= 11 is 3.32. The molecular formula is C14H14Br2N2O5. The zero-order chi connectivity index (χ0) is 15.4. The summed E-state index contributed by atoms with van der Waals surface area (Å²) in [5.74, 6) is -0.0875. The molecule has 0 amide bonds. The molecule has 0 aliphatic heterocycles. The van der Waals surface area contributed by atoms with Gasteiger partial charge in [-0.3, -0.25) is 14.9 Å². The van der Waals surface area contributed by atoms with E-state index in [4.69, 9.17) is 4.74 Å². The maximum absolute atomic E-state index is 12.2. The van der Waals surface area contributed by atoms with E-state index in [0.29, 0.717) is 0 Å². The van der Waals surface area contributed by atoms with Gasteiger partial charge < -0.3 is 27.2 Å². The Morgan fingerprint density at radius 3 is 2.65 bits per heavy atom. The third kappa shape index (κ3) is 5.38. The van der Waals surface area contributed by atoms with Gasteiger partial charge in [0, 0.05) is 17.7 Å². The number of ketones is 1. The van der Waals surface area contributed by atoms with Crippen LogP contribution >= 0.6 is 15.9 Å². The molecule has 0 saturated heterocycles. The topological polar surface area (TPSA) is 105 Å². The lowest BCUT2D eigenvalue weighted by Crippen LogP contribution is -3.00. The van der Waals surface area contributed by atoms with Crippen LogP contribution in [-0.4, -0.2) is 23.3 Å². The fraction of sp³-hybridized carbons (Fsp3) is 0.143. The predicted octanol–water partition coefficient (Wildman–Crippen LogP) is -1.28. The summed E-state index contributed by atoms with van der Waals surface area (Å²) in [7, 11) is 1.35. The number of nitrogens with zero attached hydrogens (tertiary/aromatic N) is 2. The van der Waals surface area contributed by atoms with Crippen molar-refractivity contribution in [2.45, 2.75) is 6.54 Å². The average Bonchev–Trinajstić information content (AvgIpc) is 2.46. The molecule has 0 aliphatic carbocycles. The van der Waals surface area contributed by atoms with E-state index in [1.807, 2.05) is 6.07 Å². The van der Waals surface area contributed by atoms with E-state index in [2.05, 4.69) is 15.9 Å². The predicted molar refractivity (Wildman–Crippen MR) is 81.9 cm³/mol. The van der Waals surface area contributed by atoms with Gasteiger partial charge in [-0.1, -0.05) is 0 Å². The van der Waals surface area contributed by atoms with Crippen LogP contribution in [0.4, 0.5) is 5.69 Å². The minimum Gasteiger partial charge on any atom is -1.00 e. The molecule has 0 fully saturated rings. The van der Waals surface area contributed by atoms with Crippen molar-refractivity contribution in [3.8, 4) is 5.75 Å². The summed E-state index contributed by atoms with van der Waals surface area (Å²) < 4.78 is 7.45. The van der Waals surface area contributed by atoms with Crippen LogP contribution in [0.2, 0.25) is 0 Å². The number of hydrogen-bond donors (Lipinski definition) is 0. The van der Waals surface area contributed by atoms with Gasteiger partial charge >= 0.3 is 5.69 Å². The molecule has 0 spiro atoms. The van der Waals surface area contributed by atoms with E-state index in [0.717, 1.165) is 4.47 Å². The SMILES string of the molecule is COc1ccc(C(=O)C[n+]2cccc(Br)c2)cc1[N+](=O)[O-].O.[Br-]. The van der Waals surface area contributed by atoms with E-state index in [1.165, 1.54) is 25.3 Å². The lowest BCUT2D eigenvalue weighted by Gasteiger charge is -2.03. The first kappa shape index (κ1) is 21.2. The maximum atomic E-state index is 12.2. The Morgan fingerprint density at radius 2 is 2.09 bits per heavy atom. The number of methoxy groups -OCH3 is 1. The molecule has 2 aromatic rings. The Hall–Kier alpha value is -1.84. The molecule has 0 unspecified atom stereocenters. The van der Waals surface area contributed by atoms with Crippen molar-refractivity contribution in [2.24, 2.45) is 0 Å². The van der Waals surface area contributed by atoms with Gasteiger partial charge in [-0.15, -0.1) is 0 Å². The monoisotopic (exact) mass is 448 g/mol. The van der Waals surface area contributed by atoms with Gasteiger partial charge in [0.25, 0.3) is 0 Å². The van der Waals surface area contributed by atoms with Crippen LogP contribution in [0, 0.1) is 10.1 Å². The van der Waals surface area contributed by atoms with Crippen molar-refractivity contribution in [2.75, 3.05) is 7.11 Å². The quantitative estimate of drug-likeness (QED) is 0.245. The number of carbonyl (C=O) groups is 1. The standard InChI is InChI=1S/C14H12BrN2O4.BrH.H2O/c1-21-14-5-4-10(7-12(14)17(19)20)13(18)9-16-6-2-3-11(15)8-16;;/h2-8H,9H2,1H3;1H;1H2/q+1;;/p-1. The van der Waals surface area contributed by atoms with Crippen molar-refractivity contribution in [3.63, 3.8) is 0 Å². The van der Waals surface area contributed by atoms with Gasteiger partial charge in [-0.25, -0.2) is 0 Å². The number of rotatable bonds is 5. The van der Waals surface area contributed by atoms with E-state index in [1.54, 1.807) is 23.0 Å². The Kier molecular flexibility index (Phi) is 8.59. The number of aromatic nitrogens is 1. The first-order valence-electron chi connectivity index (χ1n) is 6.01. The number of nitro benzene ring substituents is 1. The second-order valence-electron chi connectivity index (χ2n) is 4.26. The molecule has 2 N–H and O–H groups in total. The zero-order valence-electron chi connectivity index (χ0n) is 12.0. The number of Topliss-reactive ketones (excluding diaryl/α,β-unsaturated/α-hetero) is 1. The van der Waals surface area contributed by atoms with E-state index >= 15 is 0 Å². The molecular weight excluding hydrogens is 436 g/mol. The van der Waals surface area contributed by atoms with Gasteiger partial charge in [-0.2, -0.15) is 4.57 Å². The molecule has 2 rings (SSSR count). The summed E-state index contributed by atoms with van der Waals surface area (Å²) in [6.45, 7) is 0.100. The summed E-state index contributed by atoms with van der Waals surface area (Å²) in [6, 6.07) is 7.83. The molecule has 1 heterocycles. The minimum absolute atomic E-state index is 0. The van der Waals surface area contributed by atoms with Gasteiger partial charge in [0.05, 0.1) is 16.5 Å². The van der Waals surface area contributed by atoms with Crippen molar-refractivity contribution >= 4 is 27.4 Å². The first-order chi connectivity index (χ1) is 10.0. The Balaban J connectivity index is 0.00000242. The highest BCUT2D eigenvalue weighted by molar-refractivity contribution is 9.10. The molecule has 0 saturated carbocycles. The van der Waals surface area contributed by atoms with Gasteiger partial charge in [0.1, 0.15) is 0 Å². The molecule has 1 aromatic carbocycles. The van der Waals surface area contributed by atoms with E-state index in [-0.39, 0.29) is 51.8 Å². The first-order valence-corrected chi connectivity index (χ1v) is 6.81. The summed E-state index contributed by atoms with van der Waals surface area (Å²) in [5, 5.41) is 11.0. The normalized spacial score (nSPS) is 9.30. The highest BCUT2D eigenvalue weighted by Crippen LogP contribution is 2.27. The second kappa shape index (κ2) is 9.33. The molecule has 0 aliphatic rings. The summed E-state index contributed by atoms with van der Waals surface area (Å²) in [6.07, 6.45) is 3.51. The number of halogens is 2. The highest BCUT2D eigenvalue weighted by atomic mass is 79.9. The number of ether oxygens (including phenoxy) is 1. The van der Waals surface area contributed by atoms with Crippen LogP contribution in [0.3, 0.4) is 0 Å². The fourth-order valence-corrected chi connectivity index (χ4v) is 2.27. The number of carbonyl (C=O) groups excluding carboxylic acids is 1. The number of hydrogen-bond acceptors (Lipinski definition) is 4. The van der Waals surface area contributed by atoms with Gasteiger partial charge in [0.15, 0.2) is 18.1 Å². The van der Waals surface area contributed by atoms with Crippen molar-refractivity contribution < 1.29 is 41.5 Å². The molecule has 0 atom stereocenters. The second-order valence-corrected chi connectivity index (χ2v) is 5.18. The molecule has 124 valence electrons. The van der Waals surface area contributed by atoms with Crippen molar-refractivity contribution in [1.82, 2.24) is 0 Å². The van der Waals surface area contributed by atoms with Gasteiger partial charge in [0.2, 0.25) is 12.3 Å². The molecule has 23 heavy (non-hydrogen) atoms. The maximum Gasteiger partial charge on any atom is 0.311 e. The summed E-state index contributed by atoms with van der Waals surface area (Å²) in [4.78, 5) is 22.6. The van der Waals surface area contributed by atoms with Crippen LogP contribution in [0.25, 0.3) is 0 Å². The molecule has 7 nitrogen and oxygen atoms in total. The lowest BCUT2D eigenvalue weighted by molar-refractivity contribution is -0.683. The van der Waals surface area contributed by atoms with Gasteiger partial charge in [-0.05, 0) is 34.1 Å². The van der Waals surface area contributed by atoms with Crippen molar-refractivity contribution in [3.05, 3.63) is 62.9 Å². The summed E-state index contributed by atoms with van der Waals surface area (Å²) in [5.41, 5.74) is 0.0533. The fourth-order valence-electron chi connectivity index (χ4n) is 1.85. The lowest BCUT2D eigenvalue weighted by atomic mass is 10.1.